The van der Waals surface area contributed by atoms with Crippen molar-refractivity contribution in [3.63, 3.8) is 0 Å². The predicted molar refractivity (Wildman–Crippen MR) is 154 cm³/mol. The van der Waals surface area contributed by atoms with Gasteiger partial charge >= 0.3 is 6.18 Å². The third kappa shape index (κ3) is 6.41. The van der Waals surface area contributed by atoms with Crippen LogP contribution in [0.2, 0.25) is 0 Å². The normalized spacial score (nSPS) is 11.8. The summed E-state index contributed by atoms with van der Waals surface area (Å²) in [6, 6.07) is 36.6. The van der Waals surface area contributed by atoms with Crippen molar-refractivity contribution in [3.8, 4) is 0 Å². The summed E-state index contributed by atoms with van der Waals surface area (Å²) in [7, 11) is -4.98. The highest BCUT2D eigenvalue weighted by Gasteiger charge is 2.30. The van der Waals surface area contributed by atoms with E-state index < -0.39 is 26.8 Å². The lowest BCUT2D eigenvalue weighted by Crippen LogP contribution is -2.07. The molecule has 6 rings (SSSR count). The third-order valence-electron chi connectivity index (χ3n) is 6.21. The van der Waals surface area contributed by atoms with Gasteiger partial charge in [-0.05, 0) is 72.8 Å². The molecule has 5 nitrogen and oxygen atoms in total. The van der Waals surface area contributed by atoms with Gasteiger partial charge in [0.2, 0.25) is 5.43 Å². The lowest BCUT2D eigenvalue weighted by atomic mass is 10.1. The van der Waals surface area contributed by atoms with Crippen LogP contribution in [0.15, 0.2) is 156 Å². The average molecular weight is 607 g/mol. The fourth-order valence-corrected chi connectivity index (χ4v) is 6.83. The lowest BCUT2D eigenvalue weighted by molar-refractivity contribution is -0.137. The van der Waals surface area contributed by atoms with Crippen LogP contribution < -0.4 is 5.43 Å². The van der Waals surface area contributed by atoms with Crippen molar-refractivity contribution in [3.05, 3.63) is 143 Å². The molecule has 212 valence electrons. The van der Waals surface area contributed by atoms with Crippen molar-refractivity contribution < 1.29 is 30.6 Å². The molecule has 0 atom stereocenters. The Kier molecular flexibility index (Phi) is 8.22. The van der Waals surface area contributed by atoms with E-state index in [0.29, 0.717) is 46.2 Å². The highest BCUT2D eigenvalue weighted by molar-refractivity contribution is 7.97. The van der Waals surface area contributed by atoms with Crippen LogP contribution in [0.25, 0.3) is 21.9 Å². The molecule has 0 aliphatic heterocycles. The molecular weight excluding hydrogens is 585 g/mol. The largest absolute Gasteiger partial charge is 0.744 e. The molecule has 42 heavy (non-hydrogen) atoms. The molecule has 0 amide bonds. The maximum absolute atomic E-state index is 13.1. The van der Waals surface area contributed by atoms with Gasteiger partial charge in [0.25, 0.3) is 0 Å². The van der Waals surface area contributed by atoms with E-state index in [9.17, 15) is 30.9 Å². The number of hydrogen-bond acceptors (Lipinski definition) is 5. The summed E-state index contributed by atoms with van der Waals surface area (Å²) < 4.78 is 73.0. The van der Waals surface area contributed by atoms with Crippen molar-refractivity contribution in [1.82, 2.24) is 0 Å². The van der Waals surface area contributed by atoms with Crippen molar-refractivity contribution in [2.24, 2.45) is 0 Å². The minimum Gasteiger partial charge on any atom is -0.744 e. The van der Waals surface area contributed by atoms with Gasteiger partial charge in [0, 0.05) is 6.07 Å². The zero-order valence-electron chi connectivity index (χ0n) is 21.6. The number of rotatable bonds is 4. The predicted octanol–water partition coefficient (Wildman–Crippen LogP) is 7.65. The van der Waals surface area contributed by atoms with Gasteiger partial charge < -0.3 is 8.97 Å². The van der Waals surface area contributed by atoms with Gasteiger partial charge in [-0.25, -0.2) is 8.42 Å². The zero-order chi connectivity index (χ0) is 29.9. The SMILES string of the molecule is O=S(=O)([O-])c1ccc(C(F)(F)F)cc1.O=c1c2ccccc2oc2ccc([S+](c3ccccc3)c3ccccc3)cc12. The van der Waals surface area contributed by atoms with Crippen LogP contribution >= 0.6 is 0 Å². The van der Waals surface area contributed by atoms with E-state index in [1.54, 1.807) is 0 Å². The van der Waals surface area contributed by atoms with Crippen molar-refractivity contribution in [2.75, 3.05) is 0 Å². The van der Waals surface area contributed by atoms with Gasteiger partial charge in [0.05, 0.1) is 32.1 Å². The smallest absolute Gasteiger partial charge is 0.416 e. The first-order chi connectivity index (χ1) is 20.0. The van der Waals surface area contributed by atoms with E-state index >= 15 is 0 Å². The summed E-state index contributed by atoms with van der Waals surface area (Å²) in [6.07, 6.45) is -4.54. The Morgan fingerprint density at radius 3 is 1.69 bits per heavy atom. The number of hydrogen-bond donors (Lipinski definition) is 0. The van der Waals surface area contributed by atoms with Gasteiger partial charge in [-0.3, -0.25) is 4.79 Å². The molecule has 1 aromatic heterocycles. The second-order valence-corrected chi connectivity index (χ2v) is 12.4. The first-order valence-corrected chi connectivity index (χ1v) is 15.1. The molecule has 0 unspecified atom stereocenters. The molecule has 0 spiro atoms. The topological polar surface area (TPSA) is 87.4 Å². The summed E-state index contributed by atoms with van der Waals surface area (Å²) >= 11 is 0. The minimum atomic E-state index is -4.68. The average Bonchev–Trinajstić information content (AvgIpc) is 2.98. The van der Waals surface area contributed by atoms with Gasteiger partial charge in [-0.1, -0.05) is 48.5 Å². The summed E-state index contributed by atoms with van der Waals surface area (Å²) in [5.74, 6) is 0. The molecule has 0 radical (unpaired) electrons. The number of fused-ring (bicyclic) bond motifs is 2. The molecule has 10 heteroatoms. The monoisotopic (exact) mass is 606 g/mol. The molecule has 0 aliphatic rings. The van der Waals surface area contributed by atoms with E-state index in [4.69, 9.17) is 4.42 Å². The number of para-hydroxylation sites is 1. The Labute approximate surface area is 242 Å². The Bertz CT molecular complexity index is 1970. The van der Waals surface area contributed by atoms with Gasteiger partial charge in [-0.2, -0.15) is 13.2 Å². The molecule has 0 saturated carbocycles. The number of halogens is 3. The fourth-order valence-electron chi connectivity index (χ4n) is 4.24. The van der Waals surface area contributed by atoms with Crippen LogP contribution in [-0.4, -0.2) is 13.0 Å². The van der Waals surface area contributed by atoms with Crippen LogP contribution in [0.5, 0.6) is 0 Å². The molecule has 0 N–H and O–H groups in total. The van der Waals surface area contributed by atoms with Gasteiger partial charge in [0.1, 0.15) is 21.3 Å². The summed E-state index contributed by atoms with van der Waals surface area (Å²) in [5, 5.41) is 1.24. The zero-order valence-corrected chi connectivity index (χ0v) is 23.2. The number of alkyl halides is 3. The Morgan fingerprint density at radius 1 is 0.619 bits per heavy atom. The first kappa shape index (κ1) is 29.1. The second-order valence-electron chi connectivity index (χ2n) is 8.99. The van der Waals surface area contributed by atoms with E-state index in [2.05, 4.69) is 54.6 Å². The van der Waals surface area contributed by atoms with Crippen LogP contribution in [0.3, 0.4) is 0 Å². The molecule has 0 fully saturated rings. The fraction of sp³-hybridized carbons (Fsp3) is 0.0312. The molecule has 6 aromatic rings. The Hall–Kier alpha value is -4.38. The lowest BCUT2D eigenvalue weighted by Gasteiger charge is -2.09. The van der Waals surface area contributed by atoms with Crippen molar-refractivity contribution in [2.45, 2.75) is 25.8 Å². The molecule has 5 aromatic carbocycles. The van der Waals surface area contributed by atoms with Crippen molar-refractivity contribution in [1.29, 1.82) is 0 Å². The standard InChI is InChI=1S/C25H17O2S.C7H5F3O3S/c26-25-21-13-7-8-14-23(21)27-24-16-15-20(17-22(24)25)28(18-9-3-1-4-10-18)19-11-5-2-6-12-19;8-7(9,10)5-1-3-6(4-2-5)14(11,12)13/h1-17H;1-4H,(H,11,12,13)/q+1;/p-1. The molecule has 0 bridgehead atoms. The molecular formula is C32H21F3O5S2. The Morgan fingerprint density at radius 2 is 1.14 bits per heavy atom. The van der Waals surface area contributed by atoms with E-state index in [1.165, 1.54) is 9.79 Å². The van der Waals surface area contributed by atoms with Crippen LogP contribution in [-0.2, 0) is 27.2 Å². The maximum Gasteiger partial charge on any atom is 0.416 e. The Balaban J connectivity index is 0.000000214. The molecule has 0 aliphatic carbocycles. The van der Waals surface area contributed by atoms with E-state index in [1.807, 2.05) is 48.5 Å². The summed E-state index contributed by atoms with van der Waals surface area (Å²) in [5.41, 5.74) is 0.267. The van der Waals surface area contributed by atoms with E-state index in [0.717, 1.165) is 4.90 Å². The highest BCUT2D eigenvalue weighted by Crippen LogP contribution is 2.33. The molecule has 0 saturated heterocycles. The maximum atomic E-state index is 13.1. The second kappa shape index (κ2) is 11.8. The quantitative estimate of drug-likeness (QED) is 0.117. The highest BCUT2D eigenvalue weighted by atomic mass is 32.2. The van der Waals surface area contributed by atoms with E-state index in [-0.39, 0.29) is 16.3 Å². The van der Waals surface area contributed by atoms with Crippen LogP contribution in [0.1, 0.15) is 5.56 Å². The third-order valence-corrected chi connectivity index (χ3v) is 9.27. The van der Waals surface area contributed by atoms with Crippen molar-refractivity contribution >= 4 is 43.0 Å². The number of benzene rings is 5. The minimum absolute atomic E-state index is 0.0170. The first-order valence-electron chi connectivity index (χ1n) is 12.5. The molecule has 1 heterocycles. The van der Waals surface area contributed by atoms with Crippen LogP contribution in [0.4, 0.5) is 13.2 Å². The summed E-state index contributed by atoms with van der Waals surface area (Å²) in [6.45, 7) is 0. The van der Waals surface area contributed by atoms with Gasteiger partial charge in [0.15, 0.2) is 14.7 Å². The summed E-state index contributed by atoms with van der Waals surface area (Å²) in [4.78, 5) is 15.9. The van der Waals surface area contributed by atoms with Gasteiger partial charge in [-0.15, -0.1) is 0 Å². The van der Waals surface area contributed by atoms with Crippen LogP contribution in [0, 0.1) is 0 Å².